The smallest absolute Gasteiger partial charge is 0.335 e. The molecule has 0 unspecified atom stereocenters. The van der Waals surface area contributed by atoms with Crippen LogP contribution in [0, 0.1) is 6.92 Å². The van der Waals surface area contributed by atoms with Gasteiger partial charge in [0.25, 0.3) is 0 Å². The SMILES string of the molecule is COc1cc(-c2nnc(-c3cccc(C(=O)O)c3)o2)ccc1C. The maximum Gasteiger partial charge on any atom is 0.335 e. The molecule has 1 aromatic heterocycles. The Morgan fingerprint density at radius 2 is 1.78 bits per heavy atom. The van der Waals surface area contributed by atoms with Crippen LogP contribution in [-0.2, 0) is 0 Å². The first-order chi connectivity index (χ1) is 11.1. The maximum atomic E-state index is 11.0. The molecule has 0 aliphatic carbocycles. The van der Waals surface area contributed by atoms with E-state index in [9.17, 15) is 4.79 Å². The van der Waals surface area contributed by atoms with Gasteiger partial charge in [-0.15, -0.1) is 10.2 Å². The first kappa shape index (κ1) is 14.8. The summed E-state index contributed by atoms with van der Waals surface area (Å²) in [5.74, 6) is 0.339. The molecule has 0 radical (unpaired) electrons. The molecule has 0 fully saturated rings. The Bertz CT molecular complexity index is 871. The molecule has 2 aromatic carbocycles. The van der Waals surface area contributed by atoms with Crippen LogP contribution in [0.5, 0.6) is 5.75 Å². The van der Waals surface area contributed by atoms with Crippen LogP contribution in [-0.4, -0.2) is 28.4 Å². The summed E-state index contributed by atoms with van der Waals surface area (Å²) in [7, 11) is 1.60. The monoisotopic (exact) mass is 310 g/mol. The molecule has 3 aromatic rings. The number of hydrogen-bond donors (Lipinski definition) is 1. The molecule has 0 aliphatic rings. The number of aromatic carboxylic acids is 1. The number of aromatic nitrogens is 2. The predicted molar refractivity (Wildman–Crippen MR) is 83.4 cm³/mol. The minimum absolute atomic E-state index is 0.166. The van der Waals surface area contributed by atoms with E-state index in [1.807, 2.05) is 25.1 Å². The third-order valence-corrected chi connectivity index (χ3v) is 3.44. The molecule has 116 valence electrons. The van der Waals surface area contributed by atoms with Gasteiger partial charge in [-0.25, -0.2) is 4.79 Å². The number of aryl methyl sites for hydroxylation is 1. The Balaban J connectivity index is 1.97. The second kappa shape index (κ2) is 5.92. The standard InChI is InChI=1S/C17H14N2O4/c1-10-6-7-12(9-14(10)22-2)16-19-18-15(23-16)11-4-3-5-13(8-11)17(20)21/h3-9H,1-2H3,(H,20,21). The van der Waals surface area contributed by atoms with Crippen molar-refractivity contribution in [2.45, 2.75) is 6.92 Å². The van der Waals surface area contributed by atoms with Crippen LogP contribution in [0.15, 0.2) is 46.9 Å². The lowest BCUT2D eigenvalue weighted by molar-refractivity contribution is 0.0697. The molecular weight excluding hydrogens is 296 g/mol. The van der Waals surface area contributed by atoms with Crippen LogP contribution in [0.3, 0.4) is 0 Å². The van der Waals surface area contributed by atoms with Crippen LogP contribution in [0.2, 0.25) is 0 Å². The normalized spacial score (nSPS) is 10.5. The van der Waals surface area contributed by atoms with Crippen molar-refractivity contribution >= 4 is 5.97 Å². The molecule has 0 saturated carbocycles. The van der Waals surface area contributed by atoms with Gasteiger partial charge in [0.2, 0.25) is 11.8 Å². The van der Waals surface area contributed by atoms with Crippen LogP contribution < -0.4 is 4.74 Å². The largest absolute Gasteiger partial charge is 0.496 e. The van der Waals surface area contributed by atoms with E-state index in [1.54, 1.807) is 19.2 Å². The maximum absolute atomic E-state index is 11.0. The first-order valence-electron chi connectivity index (χ1n) is 6.90. The fraction of sp³-hybridized carbons (Fsp3) is 0.118. The zero-order valence-corrected chi connectivity index (χ0v) is 12.6. The van der Waals surface area contributed by atoms with Gasteiger partial charge in [-0.05, 0) is 42.8 Å². The van der Waals surface area contributed by atoms with E-state index < -0.39 is 5.97 Å². The molecule has 0 aliphatic heterocycles. The van der Waals surface area contributed by atoms with E-state index in [-0.39, 0.29) is 11.5 Å². The summed E-state index contributed by atoms with van der Waals surface area (Å²) >= 11 is 0. The fourth-order valence-corrected chi connectivity index (χ4v) is 2.19. The van der Waals surface area contributed by atoms with Gasteiger partial charge in [0.05, 0.1) is 12.7 Å². The zero-order chi connectivity index (χ0) is 16.4. The summed E-state index contributed by atoms with van der Waals surface area (Å²) < 4.78 is 10.9. The minimum Gasteiger partial charge on any atom is -0.496 e. The van der Waals surface area contributed by atoms with Crippen molar-refractivity contribution in [3.8, 4) is 28.7 Å². The van der Waals surface area contributed by atoms with E-state index >= 15 is 0 Å². The molecule has 6 nitrogen and oxygen atoms in total. The Hall–Kier alpha value is -3.15. The van der Waals surface area contributed by atoms with Gasteiger partial charge < -0.3 is 14.3 Å². The van der Waals surface area contributed by atoms with Crippen molar-refractivity contribution in [3.63, 3.8) is 0 Å². The quantitative estimate of drug-likeness (QED) is 0.794. The molecule has 3 rings (SSSR count). The highest BCUT2D eigenvalue weighted by molar-refractivity contribution is 5.89. The molecule has 0 saturated heterocycles. The number of hydrogen-bond acceptors (Lipinski definition) is 5. The number of benzene rings is 2. The van der Waals surface area contributed by atoms with E-state index in [2.05, 4.69) is 10.2 Å². The Kier molecular flexibility index (Phi) is 3.80. The molecule has 1 heterocycles. The third-order valence-electron chi connectivity index (χ3n) is 3.44. The molecule has 1 N–H and O–H groups in total. The van der Waals surface area contributed by atoms with E-state index in [0.29, 0.717) is 11.5 Å². The molecule has 23 heavy (non-hydrogen) atoms. The Labute approximate surface area is 132 Å². The van der Waals surface area contributed by atoms with Crippen LogP contribution >= 0.6 is 0 Å². The number of carbonyl (C=O) groups is 1. The third kappa shape index (κ3) is 2.91. The first-order valence-corrected chi connectivity index (χ1v) is 6.90. The van der Waals surface area contributed by atoms with Gasteiger partial charge in [-0.1, -0.05) is 12.1 Å². The summed E-state index contributed by atoms with van der Waals surface area (Å²) in [5, 5.41) is 17.1. The lowest BCUT2D eigenvalue weighted by Gasteiger charge is -2.04. The summed E-state index contributed by atoms with van der Waals surface area (Å²) in [4.78, 5) is 11.0. The Morgan fingerprint density at radius 3 is 2.43 bits per heavy atom. The van der Waals surface area contributed by atoms with Crippen molar-refractivity contribution < 1.29 is 19.1 Å². The molecule has 0 bridgehead atoms. The molecule has 0 atom stereocenters. The molecule has 0 amide bonds. The lowest BCUT2D eigenvalue weighted by Crippen LogP contribution is -1.95. The zero-order valence-electron chi connectivity index (χ0n) is 12.6. The van der Waals surface area contributed by atoms with Crippen molar-refractivity contribution in [1.82, 2.24) is 10.2 Å². The number of ether oxygens (including phenoxy) is 1. The second-order valence-electron chi connectivity index (χ2n) is 4.98. The summed E-state index contributed by atoms with van der Waals surface area (Å²) in [5.41, 5.74) is 2.47. The van der Waals surface area contributed by atoms with Crippen LogP contribution in [0.25, 0.3) is 22.9 Å². The van der Waals surface area contributed by atoms with Crippen LogP contribution in [0.4, 0.5) is 0 Å². The number of methoxy groups -OCH3 is 1. The highest BCUT2D eigenvalue weighted by atomic mass is 16.5. The van der Waals surface area contributed by atoms with Gasteiger partial charge in [0.15, 0.2) is 0 Å². The number of nitrogens with zero attached hydrogens (tertiary/aromatic N) is 2. The molecular formula is C17H14N2O4. The summed E-state index contributed by atoms with van der Waals surface area (Å²) in [6, 6.07) is 12.0. The average Bonchev–Trinajstić information content (AvgIpc) is 3.05. The van der Waals surface area contributed by atoms with Crippen molar-refractivity contribution in [2.24, 2.45) is 0 Å². The highest BCUT2D eigenvalue weighted by Gasteiger charge is 2.13. The van der Waals surface area contributed by atoms with Crippen LogP contribution in [0.1, 0.15) is 15.9 Å². The van der Waals surface area contributed by atoms with E-state index in [1.165, 1.54) is 12.1 Å². The van der Waals surface area contributed by atoms with E-state index in [0.717, 1.165) is 16.9 Å². The van der Waals surface area contributed by atoms with Gasteiger partial charge in [-0.2, -0.15) is 0 Å². The highest BCUT2D eigenvalue weighted by Crippen LogP contribution is 2.28. The summed E-state index contributed by atoms with van der Waals surface area (Å²) in [6.07, 6.45) is 0. The Morgan fingerprint density at radius 1 is 1.09 bits per heavy atom. The van der Waals surface area contributed by atoms with Gasteiger partial charge in [-0.3, -0.25) is 0 Å². The second-order valence-corrected chi connectivity index (χ2v) is 4.98. The predicted octanol–water partition coefficient (Wildman–Crippen LogP) is 3.42. The average molecular weight is 310 g/mol. The van der Waals surface area contributed by atoms with Gasteiger partial charge in [0, 0.05) is 11.1 Å². The minimum atomic E-state index is -1.00. The van der Waals surface area contributed by atoms with Crippen molar-refractivity contribution in [2.75, 3.05) is 7.11 Å². The number of carboxylic acid groups (broad SMARTS) is 1. The lowest BCUT2D eigenvalue weighted by atomic mass is 10.1. The van der Waals surface area contributed by atoms with Gasteiger partial charge >= 0.3 is 5.97 Å². The topological polar surface area (TPSA) is 85.5 Å². The fourth-order valence-electron chi connectivity index (χ4n) is 2.19. The van der Waals surface area contributed by atoms with Crippen molar-refractivity contribution in [3.05, 3.63) is 53.6 Å². The summed E-state index contributed by atoms with van der Waals surface area (Å²) in [6.45, 7) is 1.94. The van der Waals surface area contributed by atoms with E-state index in [4.69, 9.17) is 14.3 Å². The molecule has 0 spiro atoms. The van der Waals surface area contributed by atoms with Gasteiger partial charge in [0.1, 0.15) is 5.75 Å². The molecule has 6 heteroatoms. The number of rotatable bonds is 4. The van der Waals surface area contributed by atoms with Crippen molar-refractivity contribution in [1.29, 1.82) is 0 Å². The number of carboxylic acids is 1.